The van der Waals surface area contributed by atoms with Crippen molar-refractivity contribution in [2.75, 3.05) is 0 Å². The molecule has 0 radical (unpaired) electrons. The largest absolute Gasteiger partial charge is 4.00 e. The molecule has 31 heavy (non-hydrogen) atoms. The van der Waals surface area contributed by atoms with Gasteiger partial charge in [0.1, 0.15) is 0 Å². The number of rotatable bonds is 12. The van der Waals surface area contributed by atoms with E-state index in [1.165, 1.54) is 101 Å². The standard InChI is InChI=1S/2C14H23.2CH3.Zr/c2*1-4-6-8-13-10-12(3)14(11-13)9-7-5-2;;;/h2*4-10H2,1-3H3;2*1H3;/q4*-1;+4. The Kier molecular flexibility index (Phi) is 24.8. The average Bonchev–Trinajstić information content (AvgIpc) is 3.23. The summed E-state index contributed by atoms with van der Waals surface area (Å²) in [5.41, 5.74) is 9.27. The van der Waals surface area contributed by atoms with Gasteiger partial charge in [-0.25, -0.2) is 34.4 Å². The van der Waals surface area contributed by atoms with Gasteiger partial charge < -0.3 is 14.9 Å². The van der Waals surface area contributed by atoms with Crippen molar-refractivity contribution in [2.45, 2.75) is 131 Å². The van der Waals surface area contributed by atoms with E-state index in [1.807, 2.05) is 0 Å². The van der Waals surface area contributed by atoms with Crippen LogP contribution >= 0.6 is 0 Å². The van der Waals surface area contributed by atoms with Crippen LogP contribution in [0.3, 0.4) is 0 Å². The Balaban J connectivity index is -0.000000461. The molecule has 0 bridgehead atoms. The molecular formula is C30H52Zr. The molecule has 176 valence electrons. The van der Waals surface area contributed by atoms with Crippen LogP contribution in [0, 0.1) is 27.0 Å². The van der Waals surface area contributed by atoms with E-state index in [-0.39, 0.29) is 41.1 Å². The van der Waals surface area contributed by atoms with Crippen molar-refractivity contribution >= 4 is 0 Å². The van der Waals surface area contributed by atoms with Crippen LogP contribution in [0.1, 0.15) is 131 Å². The van der Waals surface area contributed by atoms with Gasteiger partial charge in [0.05, 0.1) is 0 Å². The molecule has 1 heteroatoms. The second-order valence-electron chi connectivity index (χ2n) is 8.74. The van der Waals surface area contributed by atoms with Gasteiger partial charge in [-0.15, -0.1) is 13.8 Å². The monoisotopic (exact) mass is 502 g/mol. The Hall–Kier alpha value is -0.157. The Labute approximate surface area is 217 Å². The molecule has 0 atom stereocenters. The summed E-state index contributed by atoms with van der Waals surface area (Å²) in [5.74, 6) is 0. The summed E-state index contributed by atoms with van der Waals surface area (Å²) < 4.78 is 0. The molecule has 0 fully saturated rings. The average molecular weight is 504 g/mol. The van der Waals surface area contributed by atoms with Gasteiger partial charge in [-0.2, -0.15) is 11.1 Å². The Morgan fingerprint density at radius 3 is 1.13 bits per heavy atom. The summed E-state index contributed by atoms with van der Waals surface area (Å²) in [7, 11) is 0. The van der Waals surface area contributed by atoms with Crippen LogP contribution in [0.4, 0.5) is 0 Å². The van der Waals surface area contributed by atoms with Crippen molar-refractivity contribution in [1.82, 2.24) is 0 Å². The zero-order valence-corrected chi connectivity index (χ0v) is 24.9. The van der Waals surface area contributed by atoms with E-state index in [2.05, 4.69) is 53.7 Å². The van der Waals surface area contributed by atoms with E-state index in [0.717, 1.165) is 0 Å². The minimum atomic E-state index is 0. The summed E-state index contributed by atoms with van der Waals surface area (Å²) in [4.78, 5) is 0. The van der Waals surface area contributed by atoms with Gasteiger partial charge in [-0.05, 0) is 0 Å². The Morgan fingerprint density at radius 1 is 0.548 bits per heavy atom. The van der Waals surface area contributed by atoms with E-state index in [9.17, 15) is 0 Å². The molecule has 0 amide bonds. The van der Waals surface area contributed by atoms with Crippen molar-refractivity contribution in [3.05, 3.63) is 60.4 Å². The fraction of sp³-hybridized carbons (Fsp3) is 0.667. The van der Waals surface area contributed by atoms with Gasteiger partial charge in [-0.3, -0.25) is 0 Å². The first-order chi connectivity index (χ1) is 13.5. The van der Waals surface area contributed by atoms with E-state index < -0.39 is 0 Å². The molecule has 0 N–H and O–H groups in total. The Morgan fingerprint density at radius 2 is 0.839 bits per heavy atom. The fourth-order valence-electron chi connectivity index (χ4n) is 3.92. The molecule has 0 heterocycles. The van der Waals surface area contributed by atoms with Crippen LogP contribution in [-0.2, 0) is 26.2 Å². The molecule has 0 saturated heterocycles. The summed E-state index contributed by atoms with van der Waals surface area (Å²) in [6.45, 7) is 13.6. The SMILES string of the molecule is CCCCC1=[C-]C(CCCC)=C(C)C1.CCCCC1=[C-]C(CCCC)=C(C)C1.[CH3-].[CH3-].[Zr+4]. The van der Waals surface area contributed by atoms with E-state index >= 15 is 0 Å². The van der Waals surface area contributed by atoms with Crippen molar-refractivity contribution in [1.29, 1.82) is 0 Å². The second-order valence-corrected chi connectivity index (χ2v) is 8.74. The molecule has 0 nitrogen and oxygen atoms in total. The normalized spacial score (nSPS) is 14.8. The van der Waals surface area contributed by atoms with E-state index in [1.54, 1.807) is 22.3 Å². The molecular weight excluding hydrogens is 452 g/mol. The first kappa shape index (κ1) is 35.4. The maximum absolute atomic E-state index is 3.61. The maximum atomic E-state index is 3.61. The fourth-order valence-corrected chi connectivity index (χ4v) is 3.92. The van der Waals surface area contributed by atoms with Crippen molar-refractivity contribution in [3.8, 4) is 0 Å². The number of unbranched alkanes of at least 4 members (excludes halogenated alkanes) is 4. The molecule has 0 aromatic carbocycles. The predicted molar refractivity (Wildman–Crippen MR) is 139 cm³/mol. The van der Waals surface area contributed by atoms with Gasteiger partial charge in [0, 0.05) is 0 Å². The summed E-state index contributed by atoms with van der Waals surface area (Å²) in [6.07, 6.45) is 25.1. The molecule has 0 aromatic rings. The molecule has 2 aliphatic carbocycles. The van der Waals surface area contributed by atoms with Crippen molar-refractivity contribution in [3.63, 3.8) is 0 Å². The maximum Gasteiger partial charge on any atom is 4.00 e. The first-order valence-corrected chi connectivity index (χ1v) is 12.2. The third-order valence-corrected chi connectivity index (χ3v) is 5.87. The van der Waals surface area contributed by atoms with Gasteiger partial charge in [-0.1, -0.05) is 118 Å². The quantitative estimate of drug-likeness (QED) is 0.232. The van der Waals surface area contributed by atoms with Gasteiger partial charge in [0.25, 0.3) is 0 Å². The van der Waals surface area contributed by atoms with Crippen LogP contribution in [0.15, 0.2) is 33.4 Å². The first-order valence-electron chi connectivity index (χ1n) is 12.2. The van der Waals surface area contributed by atoms with Crippen LogP contribution < -0.4 is 0 Å². The van der Waals surface area contributed by atoms with Crippen LogP contribution in [-0.4, -0.2) is 0 Å². The van der Waals surface area contributed by atoms with E-state index in [0.29, 0.717) is 0 Å². The van der Waals surface area contributed by atoms with Gasteiger partial charge >= 0.3 is 26.2 Å². The van der Waals surface area contributed by atoms with Crippen LogP contribution in [0.2, 0.25) is 0 Å². The number of allylic oxidation sites excluding steroid dienone is 8. The summed E-state index contributed by atoms with van der Waals surface area (Å²) in [6, 6.07) is 0. The van der Waals surface area contributed by atoms with Gasteiger partial charge in [0.15, 0.2) is 0 Å². The molecule has 2 aliphatic rings. The van der Waals surface area contributed by atoms with Gasteiger partial charge in [0.2, 0.25) is 0 Å². The molecule has 0 aromatic heterocycles. The Bertz CT molecular complexity index is 519. The number of hydrogen-bond acceptors (Lipinski definition) is 0. The minimum Gasteiger partial charge on any atom is -0.358 e. The predicted octanol–water partition coefficient (Wildman–Crippen LogP) is 10.5. The molecule has 0 saturated carbocycles. The minimum absolute atomic E-state index is 0. The van der Waals surface area contributed by atoms with Crippen molar-refractivity contribution in [2.24, 2.45) is 0 Å². The third-order valence-electron chi connectivity index (χ3n) is 5.87. The third kappa shape index (κ3) is 14.6. The molecule has 0 spiro atoms. The summed E-state index contributed by atoms with van der Waals surface area (Å²) in [5, 5.41) is 0. The molecule has 0 aliphatic heterocycles. The second kappa shape index (κ2) is 21.7. The topological polar surface area (TPSA) is 0 Å². The zero-order valence-electron chi connectivity index (χ0n) is 22.4. The van der Waals surface area contributed by atoms with Crippen molar-refractivity contribution < 1.29 is 26.2 Å². The zero-order chi connectivity index (χ0) is 20.8. The molecule has 0 unspecified atom stereocenters. The number of hydrogen-bond donors (Lipinski definition) is 0. The summed E-state index contributed by atoms with van der Waals surface area (Å²) >= 11 is 0. The van der Waals surface area contributed by atoms with Crippen LogP contribution in [0.5, 0.6) is 0 Å². The van der Waals surface area contributed by atoms with Crippen LogP contribution in [0.25, 0.3) is 0 Å². The van der Waals surface area contributed by atoms with E-state index in [4.69, 9.17) is 0 Å². The smallest absolute Gasteiger partial charge is 0.358 e. The molecule has 2 rings (SSSR count).